The molecule has 0 fully saturated rings. The highest BCUT2D eigenvalue weighted by atomic mass is 32.1. The van der Waals surface area contributed by atoms with Crippen molar-refractivity contribution in [3.63, 3.8) is 0 Å². The largest absolute Gasteiger partial charge is 0.497 e. The number of benzene rings is 2. The summed E-state index contributed by atoms with van der Waals surface area (Å²) in [6.07, 6.45) is 1.70. The van der Waals surface area contributed by atoms with E-state index in [1.54, 1.807) is 31.7 Å². The summed E-state index contributed by atoms with van der Waals surface area (Å²) < 4.78 is 12.7. The molecule has 1 aliphatic rings. The molecule has 0 saturated carbocycles. The van der Waals surface area contributed by atoms with Crippen molar-refractivity contribution in [3.05, 3.63) is 90.1 Å². The van der Waals surface area contributed by atoms with E-state index in [1.807, 2.05) is 49.4 Å². The van der Waals surface area contributed by atoms with E-state index in [1.165, 1.54) is 16.9 Å². The molecule has 0 spiro atoms. The normalized spacial score (nSPS) is 15.6. The maximum atomic E-state index is 13.5. The van der Waals surface area contributed by atoms with Gasteiger partial charge < -0.3 is 14.8 Å². The lowest BCUT2D eigenvalue weighted by Gasteiger charge is -2.24. The Kier molecular flexibility index (Phi) is 6.70. The van der Waals surface area contributed by atoms with Crippen LogP contribution in [0, 0.1) is 13.8 Å². The minimum atomic E-state index is -0.648. The summed E-state index contributed by atoms with van der Waals surface area (Å²) in [6, 6.07) is 12.7. The molecule has 2 aromatic carbocycles. The number of ether oxygens (including phenoxy) is 2. The molecular weight excluding hydrogens is 450 g/mol. The highest BCUT2D eigenvalue weighted by Crippen LogP contribution is 2.31. The molecule has 1 aromatic heterocycles. The molecule has 1 aliphatic heterocycles. The number of anilines is 1. The fraction of sp³-hybridized carbons (Fsp3) is 0.269. The molecule has 0 unspecified atom stereocenters. The molecular formula is C26H27N3O4S. The maximum Gasteiger partial charge on any atom is 0.338 e. The van der Waals surface area contributed by atoms with Gasteiger partial charge in [-0.3, -0.25) is 9.36 Å². The first-order chi connectivity index (χ1) is 16.3. The van der Waals surface area contributed by atoms with E-state index in [0.29, 0.717) is 26.4 Å². The number of esters is 1. The van der Waals surface area contributed by atoms with Gasteiger partial charge in [0.2, 0.25) is 0 Å². The Bertz CT molecular complexity index is 1450. The van der Waals surface area contributed by atoms with Crippen LogP contribution in [-0.2, 0) is 9.53 Å². The molecule has 1 N–H and O–H groups in total. The molecule has 3 aromatic rings. The van der Waals surface area contributed by atoms with Crippen molar-refractivity contribution in [3.8, 4) is 5.75 Å². The van der Waals surface area contributed by atoms with Gasteiger partial charge in [-0.2, -0.15) is 0 Å². The van der Waals surface area contributed by atoms with Crippen LogP contribution in [0.4, 0.5) is 5.69 Å². The number of nitrogens with zero attached hydrogens (tertiary/aromatic N) is 2. The van der Waals surface area contributed by atoms with Crippen molar-refractivity contribution in [2.75, 3.05) is 19.0 Å². The number of carbonyl (C=O) groups is 1. The maximum absolute atomic E-state index is 13.5. The van der Waals surface area contributed by atoms with Crippen molar-refractivity contribution >= 4 is 29.2 Å². The Morgan fingerprint density at radius 3 is 2.53 bits per heavy atom. The number of fused-ring (bicyclic) bond motifs is 1. The van der Waals surface area contributed by atoms with Crippen LogP contribution >= 0.6 is 11.3 Å². The Balaban J connectivity index is 1.84. The van der Waals surface area contributed by atoms with Gasteiger partial charge in [-0.1, -0.05) is 29.5 Å². The summed E-state index contributed by atoms with van der Waals surface area (Å²) in [7, 11) is 1.59. The van der Waals surface area contributed by atoms with Crippen LogP contribution in [-0.4, -0.2) is 24.3 Å². The third-order valence-corrected chi connectivity index (χ3v) is 6.81. The fourth-order valence-electron chi connectivity index (χ4n) is 3.87. The topological polar surface area (TPSA) is 81.9 Å². The molecule has 0 radical (unpaired) electrons. The number of carbonyl (C=O) groups excluding carboxylic acids is 1. The number of aromatic nitrogens is 1. The lowest BCUT2D eigenvalue weighted by atomic mass is 9.96. The van der Waals surface area contributed by atoms with E-state index >= 15 is 0 Å². The second-order valence-corrected chi connectivity index (χ2v) is 9.03. The van der Waals surface area contributed by atoms with Crippen LogP contribution in [0.3, 0.4) is 0 Å². The number of rotatable bonds is 6. The molecule has 176 valence electrons. The number of thiazole rings is 1. The van der Waals surface area contributed by atoms with E-state index in [0.717, 1.165) is 16.8 Å². The highest BCUT2D eigenvalue weighted by Gasteiger charge is 2.33. The predicted octanol–water partition coefficient (Wildman–Crippen LogP) is 3.45. The van der Waals surface area contributed by atoms with E-state index in [-0.39, 0.29) is 12.2 Å². The van der Waals surface area contributed by atoms with Gasteiger partial charge in [0.15, 0.2) is 4.80 Å². The summed E-state index contributed by atoms with van der Waals surface area (Å²) in [4.78, 5) is 31.6. The summed E-state index contributed by atoms with van der Waals surface area (Å²) in [5.74, 6) is 0.208. The van der Waals surface area contributed by atoms with E-state index in [9.17, 15) is 9.59 Å². The van der Waals surface area contributed by atoms with Crippen molar-refractivity contribution in [1.29, 1.82) is 0 Å². The second kappa shape index (κ2) is 9.69. The average molecular weight is 478 g/mol. The third kappa shape index (κ3) is 4.41. The van der Waals surface area contributed by atoms with Gasteiger partial charge in [0.25, 0.3) is 5.56 Å². The minimum Gasteiger partial charge on any atom is -0.497 e. The van der Waals surface area contributed by atoms with Gasteiger partial charge in [-0.25, -0.2) is 9.79 Å². The molecule has 0 bridgehead atoms. The Hall–Kier alpha value is -3.65. The van der Waals surface area contributed by atoms with Gasteiger partial charge >= 0.3 is 5.97 Å². The molecule has 7 nitrogen and oxygen atoms in total. The van der Waals surface area contributed by atoms with Crippen molar-refractivity contribution in [2.24, 2.45) is 4.99 Å². The first-order valence-electron chi connectivity index (χ1n) is 11.0. The molecule has 4 rings (SSSR count). The number of hydrogen-bond donors (Lipinski definition) is 1. The lowest BCUT2D eigenvalue weighted by Crippen LogP contribution is -2.40. The number of allylic oxidation sites excluding steroid dienone is 1. The van der Waals surface area contributed by atoms with Crippen LogP contribution in [0.5, 0.6) is 5.75 Å². The van der Waals surface area contributed by atoms with Gasteiger partial charge in [0.1, 0.15) is 10.3 Å². The molecule has 0 amide bonds. The van der Waals surface area contributed by atoms with E-state index < -0.39 is 12.0 Å². The standard InChI is InChI=1S/C26H27N3O4S/c1-6-33-25(31)22-17(4)28-26-29(23(22)18-8-11-20(32-5)12-9-18)24(30)21(34-26)14-27-19-10-7-15(2)16(3)13-19/h7-14,23,27H,6H2,1-5H3/b21-14-/t23-/m0/s1. The SMILES string of the molecule is CCOC(=O)C1=C(C)N=c2s/c(=C\Nc3ccc(C)c(C)c3)c(=O)n2[C@H]1c1ccc(OC)cc1. The quantitative estimate of drug-likeness (QED) is 0.550. The van der Waals surface area contributed by atoms with Gasteiger partial charge in [0, 0.05) is 11.9 Å². The summed E-state index contributed by atoms with van der Waals surface area (Å²) >= 11 is 1.28. The second-order valence-electron chi connectivity index (χ2n) is 8.02. The number of nitrogens with one attached hydrogen (secondary N) is 1. The van der Waals surface area contributed by atoms with E-state index in [4.69, 9.17) is 9.47 Å². The van der Waals surface area contributed by atoms with Crippen LogP contribution < -0.4 is 24.9 Å². The minimum absolute atomic E-state index is 0.227. The predicted molar refractivity (Wildman–Crippen MR) is 134 cm³/mol. The Morgan fingerprint density at radius 1 is 1.15 bits per heavy atom. The summed E-state index contributed by atoms with van der Waals surface area (Å²) in [5, 5.41) is 3.22. The van der Waals surface area contributed by atoms with Crippen molar-refractivity contribution in [2.45, 2.75) is 33.7 Å². The van der Waals surface area contributed by atoms with Gasteiger partial charge in [0.05, 0.1) is 31.0 Å². The van der Waals surface area contributed by atoms with E-state index in [2.05, 4.69) is 17.2 Å². The molecule has 2 heterocycles. The fourth-order valence-corrected chi connectivity index (χ4v) is 4.84. The first-order valence-corrected chi connectivity index (χ1v) is 11.8. The van der Waals surface area contributed by atoms with Crippen LogP contribution in [0.25, 0.3) is 6.20 Å². The number of aryl methyl sites for hydroxylation is 2. The summed E-state index contributed by atoms with van der Waals surface area (Å²) in [6.45, 7) is 7.86. The molecule has 1 atom stereocenters. The Morgan fingerprint density at radius 2 is 1.88 bits per heavy atom. The molecule has 0 saturated heterocycles. The Labute approximate surface area is 201 Å². The summed E-state index contributed by atoms with van der Waals surface area (Å²) in [5.41, 5.74) is 4.69. The monoisotopic (exact) mass is 477 g/mol. The smallest absolute Gasteiger partial charge is 0.338 e. The van der Waals surface area contributed by atoms with Crippen LogP contribution in [0.1, 0.15) is 36.6 Å². The average Bonchev–Trinajstić information content (AvgIpc) is 3.13. The van der Waals surface area contributed by atoms with Crippen molar-refractivity contribution < 1.29 is 14.3 Å². The zero-order valence-corrected chi connectivity index (χ0v) is 20.7. The first kappa shape index (κ1) is 23.5. The van der Waals surface area contributed by atoms with Crippen molar-refractivity contribution in [1.82, 2.24) is 4.57 Å². The number of methoxy groups -OCH3 is 1. The van der Waals surface area contributed by atoms with Gasteiger partial charge in [-0.05, 0) is 68.7 Å². The van der Waals surface area contributed by atoms with Crippen LogP contribution in [0.2, 0.25) is 0 Å². The molecule has 0 aliphatic carbocycles. The lowest BCUT2D eigenvalue weighted by molar-refractivity contribution is -0.139. The third-order valence-electron chi connectivity index (χ3n) is 5.83. The zero-order chi connectivity index (χ0) is 24.4. The molecule has 34 heavy (non-hydrogen) atoms. The van der Waals surface area contributed by atoms with Gasteiger partial charge in [-0.15, -0.1) is 0 Å². The zero-order valence-electron chi connectivity index (χ0n) is 19.8. The number of hydrogen-bond acceptors (Lipinski definition) is 7. The highest BCUT2D eigenvalue weighted by molar-refractivity contribution is 7.07. The molecule has 8 heteroatoms. The van der Waals surface area contributed by atoms with Crippen LogP contribution in [0.15, 0.2) is 63.5 Å².